The maximum atomic E-state index is 13.1. The van der Waals surface area contributed by atoms with E-state index in [9.17, 15) is 13.2 Å². The molecule has 5 rings (SSSR count). The van der Waals surface area contributed by atoms with Crippen molar-refractivity contribution in [2.24, 2.45) is 5.92 Å². The molecule has 7 heteroatoms. The second-order valence-corrected chi connectivity index (χ2v) is 10.6. The van der Waals surface area contributed by atoms with Crippen molar-refractivity contribution in [3.05, 3.63) is 76.0 Å². The lowest BCUT2D eigenvalue weighted by atomic mass is 9.81. The van der Waals surface area contributed by atoms with Gasteiger partial charge in [0.25, 0.3) is 15.6 Å². The average Bonchev–Trinajstić information content (AvgIpc) is 3.25. The molecule has 4 heterocycles. The van der Waals surface area contributed by atoms with Gasteiger partial charge < -0.3 is 4.57 Å². The molecule has 0 aliphatic carbocycles. The Bertz CT molecular complexity index is 1170. The molecule has 144 valence electrons. The molecule has 0 spiro atoms. The van der Waals surface area contributed by atoms with Gasteiger partial charge in [-0.05, 0) is 35.4 Å². The van der Waals surface area contributed by atoms with E-state index in [1.54, 1.807) is 27.9 Å². The van der Waals surface area contributed by atoms with E-state index in [2.05, 4.69) is 0 Å². The Morgan fingerprint density at radius 1 is 0.929 bits per heavy atom. The zero-order chi connectivity index (χ0) is 19.3. The summed E-state index contributed by atoms with van der Waals surface area (Å²) in [6, 6.07) is 17.0. The molecule has 2 bridgehead atoms. The number of pyridine rings is 1. The molecule has 2 aliphatic rings. The molecule has 1 saturated heterocycles. The molecule has 28 heavy (non-hydrogen) atoms. The molecule has 2 atom stereocenters. The van der Waals surface area contributed by atoms with Gasteiger partial charge in [-0.2, -0.15) is 4.31 Å². The standard InChI is InChI=1S/C21H20N2O3S2/c24-19-9-8-18(16-5-2-1-3-6-16)21-17-11-15(13-23(19)21)12-22(14-17)28(25,26)20-7-4-10-27-20/h1-10,15,17H,11-14H2/t15-,17+/m0/s1. The predicted octanol–water partition coefficient (Wildman–Crippen LogP) is 3.38. The van der Waals surface area contributed by atoms with E-state index in [0.29, 0.717) is 23.8 Å². The van der Waals surface area contributed by atoms with Crippen LogP contribution in [0.3, 0.4) is 0 Å². The van der Waals surface area contributed by atoms with Crippen LogP contribution < -0.4 is 5.56 Å². The Morgan fingerprint density at radius 2 is 1.75 bits per heavy atom. The molecule has 1 fully saturated rings. The Kier molecular flexibility index (Phi) is 4.26. The highest BCUT2D eigenvalue weighted by molar-refractivity contribution is 7.91. The zero-order valence-corrected chi connectivity index (χ0v) is 16.8. The fourth-order valence-electron chi connectivity index (χ4n) is 4.57. The number of rotatable bonds is 3. The molecular formula is C21H20N2O3S2. The van der Waals surface area contributed by atoms with E-state index in [1.165, 1.54) is 11.3 Å². The summed E-state index contributed by atoms with van der Waals surface area (Å²) in [6.07, 6.45) is 0.916. The molecule has 0 radical (unpaired) electrons. The molecule has 0 unspecified atom stereocenters. The first-order valence-electron chi connectivity index (χ1n) is 9.37. The third-order valence-corrected chi connectivity index (χ3v) is 8.94. The van der Waals surface area contributed by atoms with Gasteiger partial charge >= 0.3 is 0 Å². The van der Waals surface area contributed by atoms with E-state index in [1.807, 2.05) is 41.0 Å². The summed E-state index contributed by atoms with van der Waals surface area (Å²) >= 11 is 1.25. The molecule has 0 N–H and O–H groups in total. The lowest BCUT2D eigenvalue weighted by Crippen LogP contribution is -2.49. The van der Waals surface area contributed by atoms with Crippen LogP contribution in [0.4, 0.5) is 0 Å². The summed E-state index contributed by atoms with van der Waals surface area (Å²) in [5, 5.41) is 1.79. The molecular weight excluding hydrogens is 392 g/mol. The minimum atomic E-state index is -3.49. The monoisotopic (exact) mass is 412 g/mol. The summed E-state index contributed by atoms with van der Waals surface area (Å²) in [7, 11) is -3.49. The second kappa shape index (κ2) is 6.69. The average molecular weight is 413 g/mol. The first kappa shape index (κ1) is 17.8. The maximum Gasteiger partial charge on any atom is 0.252 e. The normalized spacial score (nSPS) is 22.0. The summed E-state index contributed by atoms with van der Waals surface area (Å²) in [5.41, 5.74) is 3.06. The molecule has 0 saturated carbocycles. The zero-order valence-electron chi connectivity index (χ0n) is 15.2. The third-order valence-electron chi connectivity index (χ3n) is 5.73. The predicted molar refractivity (Wildman–Crippen MR) is 110 cm³/mol. The topological polar surface area (TPSA) is 59.4 Å². The number of sulfonamides is 1. The van der Waals surface area contributed by atoms with Crippen molar-refractivity contribution in [1.29, 1.82) is 0 Å². The summed E-state index contributed by atoms with van der Waals surface area (Å²) in [4.78, 5) is 12.6. The Balaban J connectivity index is 1.60. The van der Waals surface area contributed by atoms with Crippen LogP contribution in [0.1, 0.15) is 18.0 Å². The van der Waals surface area contributed by atoms with Crippen molar-refractivity contribution < 1.29 is 8.42 Å². The van der Waals surface area contributed by atoms with Gasteiger partial charge in [0.2, 0.25) is 0 Å². The van der Waals surface area contributed by atoms with Crippen molar-refractivity contribution in [2.75, 3.05) is 13.1 Å². The maximum absolute atomic E-state index is 13.1. The molecule has 2 aromatic heterocycles. The fraction of sp³-hybridized carbons (Fsp3) is 0.286. The number of piperidine rings is 1. The summed E-state index contributed by atoms with van der Waals surface area (Å²) in [6.45, 7) is 1.46. The van der Waals surface area contributed by atoms with Gasteiger partial charge in [-0.25, -0.2) is 8.42 Å². The Morgan fingerprint density at radius 3 is 2.50 bits per heavy atom. The van der Waals surface area contributed by atoms with Crippen molar-refractivity contribution in [1.82, 2.24) is 8.87 Å². The lowest BCUT2D eigenvalue weighted by molar-refractivity contribution is 0.187. The highest BCUT2D eigenvalue weighted by Crippen LogP contribution is 2.41. The van der Waals surface area contributed by atoms with Crippen LogP contribution in [0.5, 0.6) is 0 Å². The van der Waals surface area contributed by atoms with Crippen LogP contribution in [0.15, 0.2) is 69.0 Å². The molecule has 3 aromatic rings. The number of fused-ring (bicyclic) bond motifs is 4. The van der Waals surface area contributed by atoms with Crippen LogP contribution in [-0.4, -0.2) is 30.4 Å². The number of aromatic nitrogens is 1. The first-order valence-corrected chi connectivity index (χ1v) is 11.7. The third kappa shape index (κ3) is 2.85. The fourth-order valence-corrected chi connectivity index (χ4v) is 7.27. The minimum absolute atomic E-state index is 0.000977. The number of hydrogen-bond donors (Lipinski definition) is 0. The lowest BCUT2D eigenvalue weighted by Gasteiger charge is -2.42. The number of benzene rings is 1. The van der Waals surface area contributed by atoms with Gasteiger partial charge in [0.1, 0.15) is 4.21 Å². The van der Waals surface area contributed by atoms with Crippen molar-refractivity contribution in [2.45, 2.75) is 23.1 Å². The van der Waals surface area contributed by atoms with E-state index in [-0.39, 0.29) is 17.4 Å². The number of nitrogens with zero attached hydrogens (tertiary/aromatic N) is 2. The van der Waals surface area contributed by atoms with Gasteiger partial charge in [0, 0.05) is 42.9 Å². The summed E-state index contributed by atoms with van der Waals surface area (Å²) < 4.78 is 30.0. The largest absolute Gasteiger partial charge is 0.311 e. The van der Waals surface area contributed by atoms with E-state index in [4.69, 9.17) is 0 Å². The van der Waals surface area contributed by atoms with Gasteiger partial charge in [0.15, 0.2) is 0 Å². The molecule has 1 aromatic carbocycles. The van der Waals surface area contributed by atoms with E-state index < -0.39 is 10.0 Å². The highest BCUT2D eigenvalue weighted by Gasteiger charge is 2.40. The van der Waals surface area contributed by atoms with Crippen LogP contribution in [0.25, 0.3) is 11.1 Å². The Labute approximate surface area is 167 Å². The van der Waals surface area contributed by atoms with Gasteiger partial charge in [0.05, 0.1) is 0 Å². The SMILES string of the molecule is O=c1ccc(-c2ccccc2)c2n1C[C@H]1C[C@@H]2CN(S(=O)(=O)c2cccs2)C1. The second-order valence-electron chi connectivity index (χ2n) is 7.50. The minimum Gasteiger partial charge on any atom is -0.311 e. The molecule has 2 aliphatic heterocycles. The van der Waals surface area contributed by atoms with Crippen LogP contribution in [-0.2, 0) is 16.6 Å². The van der Waals surface area contributed by atoms with Crippen LogP contribution in [0, 0.1) is 5.92 Å². The first-order chi connectivity index (χ1) is 13.5. The molecule has 0 amide bonds. The number of thiophene rings is 1. The van der Waals surface area contributed by atoms with Crippen molar-refractivity contribution in [3.8, 4) is 11.1 Å². The molecule has 5 nitrogen and oxygen atoms in total. The van der Waals surface area contributed by atoms with Gasteiger partial charge in [-0.3, -0.25) is 4.79 Å². The summed E-state index contributed by atoms with van der Waals surface area (Å²) in [5.74, 6) is 0.177. The van der Waals surface area contributed by atoms with Crippen molar-refractivity contribution >= 4 is 21.4 Å². The van der Waals surface area contributed by atoms with Crippen LogP contribution >= 0.6 is 11.3 Å². The quantitative estimate of drug-likeness (QED) is 0.663. The highest BCUT2D eigenvalue weighted by atomic mass is 32.2. The smallest absolute Gasteiger partial charge is 0.252 e. The van der Waals surface area contributed by atoms with Gasteiger partial charge in [-0.15, -0.1) is 11.3 Å². The number of hydrogen-bond acceptors (Lipinski definition) is 4. The van der Waals surface area contributed by atoms with E-state index in [0.717, 1.165) is 23.2 Å². The van der Waals surface area contributed by atoms with Crippen LogP contribution in [0.2, 0.25) is 0 Å². The Hall–Kier alpha value is -2.22. The van der Waals surface area contributed by atoms with Crippen molar-refractivity contribution in [3.63, 3.8) is 0 Å². The van der Waals surface area contributed by atoms with E-state index >= 15 is 0 Å². The van der Waals surface area contributed by atoms with Gasteiger partial charge in [-0.1, -0.05) is 36.4 Å².